The largest absolute Gasteiger partial charge is 0.346 e. The molecule has 1 aliphatic rings. The Kier molecular flexibility index (Phi) is 3.80. The molecular weight excluding hydrogens is 254 g/mol. The number of aromatic nitrogens is 2. The van der Waals surface area contributed by atoms with Gasteiger partial charge in [-0.3, -0.25) is 0 Å². The molecule has 2 aromatic heterocycles. The highest BCUT2D eigenvalue weighted by Crippen LogP contribution is 2.39. The van der Waals surface area contributed by atoms with E-state index in [0.29, 0.717) is 4.75 Å². The van der Waals surface area contributed by atoms with Crippen molar-refractivity contribution in [2.75, 3.05) is 12.8 Å². The smallest absolute Gasteiger partial charge is 0.137 e. The molecule has 1 fully saturated rings. The first-order chi connectivity index (χ1) is 9.33. The first-order valence-electron chi connectivity index (χ1n) is 7.00. The molecule has 0 bridgehead atoms. The Morgan fingerprint density at radius 2 is 2.26 bits per heavy atom. The number of pyridine rings is 1. The fraction of sp³-hybridized carbons (Fsp3) is 0.533. The number of hydrogen-bond donors (Lipinski definition) is 2. The minimum Gasteiger partial charge on any atom is -0.346 e. The predicted octanol–water partition coefficient (Wildman–Crippen LogP) is 3.33. The van der Waals surface area contributed by atoms with E-state index >= 15 is 0 Å². The van der Waals surface area contributed by atoms with E-state index < -0.39 is 0 Å². The molecular formula is C15H21N3S. The van der Waals surface area contributed by atoms with Gasteiger partial charge in [0.1, 0.15) is 5.65 Å². The number of nitrogens with one attached hydrogen (secondary N) is 2. The maximum atomic E-state index is 4.33. The maximum absolute atomic E-state index is 4.33. The summed E-state index contributed by atoms with van der Waals surface area (Å²) in [4.78, 5) is 7.56. The zero-order valence-electron chi connectivity index (χ0n) is 11.4. The lowest BCUT2D eigenvalue weighted by molar-refractivity contribution is 0.534. The van der Waals surface area contributed by atoms with Gasteiger partial charge in [0.25, 0.3) is 0 Å². The molecule has 0 saturated heterocycles. The first kappa shape index (κ1) is 13.0. The van der Waals surface area contributed by atoms with Crippen LogP contribution < -0.4 is 5.32 Å². The van der Waals surface area contributed by atoms with Crippen molar-refractivity contribution in [3.63, 3.8) is 0 Å². The Bertz CT molecular complexity index is 543. The zero-order chi connectivity index (χ0) is 13.1. The summed E-state index contributed by atoms with van der Waals surface area (Å²) in [5, 5.41) is 4.88. The third kappa shape index (κ3) is 2.65. The average molecular weight is 275 g/mol. The van der Waals surface area contributed by atoms with Gasteiger partial charge in [-0.05, 0) is 36.8 Å². The van der Waals surface area contributed by atoms with E-state index in [9.17, 15) is 0 Å². The highest BCUT2D eigenvalue weighted by molar-refractivity contribution is 8.00. The lowest BCUT2D eigenvalue weighted by Crippen LogP contribution is -2.34. The van der Waals surface area contributed by atoms with Gasteiger partial charge in [0.15, 0.2) is 0 Å². The van der Waals surface area contributed by atoms with E-state index in [1.54, 1.807) is 0 Å². The maximum Gasteiger partial charge on any atom is 0.137 e. The molecule has 3 nitrogen and oxygen atoms in total. The van der Waals surface area contributed by atoms with Crippen molar-refractivity contribution in [2.24, 2.45) is 0 Å². The van der Waals surface area contributed by atoms with E-state index in [1.807, 2.05) is 24.0 Å². The fourth-order valence-corrected chi connectivity index (χ4v) is 4.00. The molecule has 2 N–H and O–H groups in total. The second-order valence-electron chi connectivity index (χ2n) is 5.41. The molecule has 0 unspecified atom stereocenters. The number of H-pyrrole nitrogens is 1. The topological polar surface area (TPSA) is 40.7 Å². The van der Waals surface area contributed by atoms with Crippen LogP contribution in [0, 0.1) is 0 Å². The molecule has 1 aliphatic carbocycles. The number of fused-ring (bicyclic) bond motifs is 1. The second kappa shape index (κ2) is 5.55. The van der Waals surface area contributed by atoms with Crippen LogP contribution in [0.1, 0.15) is 31.2 Å². The molecule has 0 aliphatic heterocycles. The minimum absolute atomic E-state index is 0.477. The van der Waals surface area contributed by atoms with E-state index in [1.165, 1.54) is 36.6 Å². The molecule has 4 heteroatoms. The van der Waals surface area contributed by atoms with Crippen LogP contribution in [0.15, 0.2) is 24.5 Å². The van der Waals surface area contributed by atoms with Gasteiger partial charge in [0.05, 0.1) is 0 Å². The summed E-state index contributed by atoms with van der Waals surface area (Å²) in [6.07, 6.45) is 11.7. The standard InChI is InChI=1S/C15H21N3S/c1-19-15(6-2-3-7-15)11-16-9-12-10-18-14-13(12)5-4-8-17-14/h4-5,8,10,16H,2-3,6-7,9,11H2,1H3,(H,17,18). The van der Waals surface area contributed by atoms with E-state index in [4.69, 9.17) is 0 Å². The number of nitrogens with zero attached hydrogens (tertiary/aromatic N) is 1. The zero-order valence-corrected chi connectivity index (χ0v) is 12.2. The summed E-state index contributed by atoms with van der Waals surface area (Å²) in [6.45, 7) is 2.04. The van der Waals surface area contributed by atoms with Crippen molar-refractivity contribution in [1.29, 1.82) is 0 Å². The number of rotatable bonds is 5. The van der Waals surface area contributed by atoms with Gasteiger partial charge in [0.2, 0.25) is 0 Å². The highest BCUT2D eigenvalue weighted by atomic mass is 32.2. The highest BCUT2D eigenvalue weighted by Gasteiger charge is 2.32. The molecule has 0 amide bonds. The number of thioether (sulfide) groups is 1. The molecule has 0 radical (unpaired) electrons. The first-order valence-corrected chi connectivity index (χ1v) is 8.22. The van der Waals surface area contributed by atoms with Crippen LogP contribution in [0.25, 0.3) is 11.0 Å². The van der Waals surface area contributed by atoms with E-state index in [-0.39, 0.29) is 0 Å². The summed E-state index contributed by atoms with van der Waals surface area (Å²) in [5.41, 5.74) is 2.30. The van der Waals surface area contributed by atoms with Crippen LogP contribution in [-0.2, 0) is 6.54 Å². The van der Waals surface area contributed by atoms with Crippen LogP contribution >= 0.6 is 11.8 Å². The Labute approximate surface area is 118 Å². The van der Waals surface area contributed by atoms with Crippen LogP contribution in [0.3, 0.4) is 0 Å². The fourth-order valence-electron chi connectivity index (χ4n) is 3.06. The molecule has 0 atom stereocenters. The molecule has 102 valence electrons. The molecule has 19 heavy (non-hydrogen) atoms. The summed E-state index contributed by atoms with van der Waals surface area (Å²) >= 11 is 2.04. The van der Waals surface area contributed by atoms with Gasteiger partial charge >= 0.3 is 0 Å². The molecule has 2 aromatic rings. The molecule has 2 heterocycles. The SMILES string of the molecule is CSC1(CNCc2c[nH]c3ncccc23)CCCC1. The van der Waals surface area contributed by atoms with Crippen molar-refractivity contribution in [2.45, 2.75) is 37.0 Å². The van der Waals surface area contributed by atoms with Crippen molar-refractivity contribution in [1.82, 2.24) is 15.3 Å². The normalized spacial score (nSPS) is 18.2. The molecule has 0 spiro atoms. The van der Waals surface area contributed by atoms with E-state index in [2.05, 4.69) is 33.8 Å². The number of hydrogen-bond acceptors (Lipinski definition) is 3. The third-order valence-corrected chi connectivity index (χ3v) is 5.67. The lowest BCUT2D eigenvalue weighted by atomic mass is 10.1. The van der Waals surface area contributed by atoms with Crippen LogP contribution in [-0.4, -0.2) is 27.5 Å². The van der Waals surface area contributed by atoms with Crippen LogP contribution in [0.2, 0.25) is 0 Å². The lowest BCUT2D eigenvalue weighted by Gasteiger charge is -2.27. The summed E-state index contributed by atoms with van der Waals surface area (Å²) in [5.74, 6) is 0. The average Bonchev–Trinajstić information content (AvgIpc) is 3.07. The quantitative estimate of drug-likeness (QED) is 0.879. The number of aromatic amines is 1. The molecule has 3 rings (SSSR count). The van der Waals surface area contributed by atoms with Gasteiger partial charge in [-0.25, -0.2) is 4.98 Å². The van der Waals surface area contributed by atoms with Gasteiger partial charge < -0.3 is 10.3 Å². The van der Waals surface area contributed by atoms with Crippen LogP contribution in [0.4, 0.5) is 0 Å². The van der Waals surface area contributed by atoms with Crippen LogP contribution in [0.5, 0.6) is 0 Å². The Morgan fingerprint density at radius 3 is 3.05 bits per heavy atom. The van der Waals surface area contributed by atoms with Crippen molar-refractivity contribution < 1.29 is 0 Å². The van der Waals surface area contributed by atoms with Gasteiger partial charge in [-0.15, -0.1) is 0 Å². The minimum atomic E-state index is 0.477. The summed E-state index contributed by atoms with van der Waals surface area (Å²) in [6, 6.07) is 4.13. The monoisotopic (exact) mass is 275 g/mol. The van der Waals surface area contributed by atoms with Gasteiger partial charge in [-0.1, -0.05) is 12.8 Å². The van der Waals surface area contributed by atoms with Crippen molar-refractivity contribution >= 4 is 22.8 Å². The summed E-state index contributed by atoms with van der Waals surface area (Å²) < 4.78 is 0.477. The van der Waals surface area contributed by atoms with Crippen molar-refractivity contribution in [3.8, 4) is 0 Å². The Balaban J connectivity index is 1.63. The summed E-state index contributed by atoms with van der Waals surface area (Å²) in [7, 11) is 0. The Morgan fingerprint density at radius 1 is 1.42 bits per heavy atom. The molecule has 0 aromatic carbocycles. The second-order valence-corrected chi connectivity index (χ2v) is 6.69. The van der Waals surface area contributed by atoms with Gasteiger partial charge in [0, 0.05) is 35.6 Å². The van der Waals surface area contributed by atoms with Gasteiger partial charge in [-0.2, -0.15) is 11.8 Å². The molecule has 1 saturated carbocycles. The van der Waals surface area contributed by atoms with Crippen molar-refractivity contribution in [3.05, 3.63) is 30.1 Å². The Hall–Kier alpha value is -1.00. The van der Waals surface area contributed by atoms with E-state index in [0.717, 1.165) is 18.7 Å². The predicted molar refractivity (Wildman–Crippen MR) is 82.5 cm³/mol. The third-order valence-electron chi connectivity index (χ3n) is 4.25.